The number of rotatable bonds is 4. The van der Waals surface area contributed by atoms with Crippen molar-refractivity contribution in [3.05, 3.63) is 99.4 Å². The summed E-state index contributed by atoms with van der Waals surface area (Å²) in [6.07, 6.45) is 5.70. The van der Waals surface area contributed by atoms with Crippen molar-refractivity contribution in [3.8, 4) is 17.0 Å². The number of anilines is 1. The van der Waals surface area contributed by atoms with E-state index in [1.165, 1.54) is 52.9 Å². The van der Waals surface area contributed by atoms with Gasteiger partial charge in [0.25, 0.3) is 0 Å². The van der Waals surface area contributed by atoms with Gasteiger partial charge in [-0.05, 0) is 72.2 Å². The predicted octanol–water partition coefficient (Wildman–Crippen LogP) is 7.40. The van der Waals surface area contributed by atoms with Crippen LogP contribution in [0.1, 0.15) is 47.6 Å². The van der Waals surface area contributed by atoms with Crippen LogP contribution in [0, 0.1) is 0 Å². The number of aromatic nitrogens is 1. The topological polar surface area (TPSA) is 48.7 Å². The van der Waals surface area contributed by atoms with Gasteiger partial charge in [0.15, 0.2) is 0 Å². The van der Waals surface area contributed by atoms with E-state index in [0.29, 0.717) is 16.3 Å². The summed E-state index contributed by atoms with van der Waals surface area (Å²) in [5, 5.41) is 20.8. The minimum Gasteiger partial charge on any atom is -0.507 e. The number of aromatic hydroxyl groups is 1. The number of phenols is 1. The first-order valence-electron chi connectivity index (χ1n) is 11.6. The van der Waals surface area contributed by atoms with Crippen LogP contribution < -0.4 is 5.01 Å². The second-order valence-corrected chi connectivity index (χ2v) is 10.2. The third-order valence-electron chi connectivity index (χ3n) is 6.70. The highest BCUT2D eigenvalue weighted by molar-refractivity contribution is 7.14. The highest BCUT2D eigenvalue weighted by Gasteiger charge is 2.32. The zero-order chi connectivity index (χ0) is 23.1. The number of thiazole rings is 1. The van der Waals surface area contributed by atoms with Crippen LogP contribution >= 0.6 is 22.9 Å². The summed E-state index contributed by atoms with van der Waals surface area (Å²) in [5.41, 5.74) is 7.78. The minimum absolute atomic E-state index is 0.0687. The van der Waals surface area contributed by atoms with Gasteiger partial charge < -0.3 is 5.11 Å². The average Bonchev–Trinajstić information content (AvgIpc) is 3.53. The molecule has 0 bridgehead atoms. The molecule has 0 amide bonds. The van der Waals surface area contributed by atoms with Crippen molar-refractivity contribution in [2.75, 3.05) is 5.01 Å². The van der Waals surface area contributed by atoms with Crippen molar-refractivity contribution in [2.24, 2.45) is 5.10 Å². The number of hydrazone groups is 1. The van der Waals surface area contributed by atoms with Crippen LogP contribution in [-0.2, 0) is 12.8 Å². The maximum atomic E-state index is 10.3. The van der Waals surface area contributed by atoms with E-state index < -0.39 is 0 Å². The van der Waals surface area contributed by atoms with E-state index in [1.807, 2.05) is 16.5 Å². The number of hydrogen-bond acceptors (Lipinski definition) is 5. The molecule has 1 aromatic heterocycles. The Hall–Kier alpha value is -3.15. The van der Waals surface area contributed by atoms with Crippen LogP contribution in [0.25, 0.3) is 11.3 Å². The van der Waals surface area contributed by atoms with E-state index in [9.17, 15) is 5.11 Å². The van der Waals surface area contributed by atoms with E-state index in [4.69, 9.17) is 21.7 Å². The molecule has 2 aliphatic rings. The van der Waals surface area contributed by atoms with Gasteiger partial charge in [-0.2, -0.15) is 5.10 Å². The first-order valence-corrected chi connectivity index (χ1v) is 12.9. The molecule has 3 aromatic carbocycles. The second-order valence-electron chi connectivity index (χ2n) is 8.89. The summed E-state index contributed by atoms with van der Waals surface area (Å²) in [6.45, 7) is 0. The minimum atomic E-state index is 0.0687. The number of benzene rings is 3. The number of nitrogens with zero attached hydrogens (tertiary/aromatic N) is 3. The van der Waals surface area contributed by atoms with Gasteiger partial charge in [0, 0.05) is 22.4 Å². The highest BCUT2D eigenvalue weighted by Crippen LogP contribution is 2.41. The summed E-state index contributed by atoms with van der Waals surface area (Å²) >= 11 is 7.70. The molecule has 34 heavy (non-hydrogen) atoms. The fourth-order valence-electron chi connectivity index (χ4n) is 4.92. The summed E-state index contributed by atoms with van der Waals surface area (Å²) in [7, 11) is 0. The van der Waals surface area contributed by atoms with Gasteiger partial charge in [-0.15, -0.1) is 11.3 Å². The Labute approximate surface area is 208 Å². The van der Waals surface area contributed by atoms with Gasteiger partial charge in [-0.25, -0.2) is 9.99 Å². The Balaban J connectivity index is 1.39. The zero-order valence-electron chi connectivity index (χ0n) is 18.6. The maximum Gasteiger partial charge on any atom is 0.207 e. The van der Waals surface area contributed by atoms with Crippen LogP contribution in [0.5, 0.6) is 5.75 Å². The molecule has 0 unspecified atom stereocenters. The van der Waals surface area contributed by atoms with Gasteiger partial charge in [-0.3, -0.25) is 0 Å². The molecule has 6 heteroatoms. The van der Waals surface area contributed by atoms with Crippen LogP contribution in [-0.4, -0.2) is 15.8 Å². The van der Waals surface area contributed by atoms with Crippen molar-refractivity contribution in [3.63, 3.8) is 0 Å². The number of halogens is 1. The smallest absolute Gasteiger partial charge is 0.207 e. The van der Waals surface area contributed by atoms with Crippen LogP contribution in [0.3, 0.4) is 0 Å². The van der Waals surface area contributed by atoms with E-state index in [0.717, 1.165) is 23.7 Å². The Bertz CT molecular complexity index is 1380. The van der Waals surface area contributed by atoms with E-state index in [2.05, 4.69) is 42.5 Å². The van der Waals surface area contributed by atoms with Crippen molar-refractivity contribution < 1.29 is 5.11 Å². The summed E-state index contributed by atoms with van der Waals surface area (Å²) in [5.74, 6) is 0.167. The van der Waals surface area contributed by atoms with Crippen molar-refractivity contribution >= 4 is 33.8 Å². The summed E-state index contributed by atoms with van der Waals surface area (Å²) in [6, 6.07) is 22.4. The Morgan fingerprint density at radius 3 is 2.62 bits per heavy atom. The van der Waals surface area contributed by atoms with Crippen LogP contribution in [0.15, 0.2) is 77.2 Å². The molecule has 0 saturated heterocycles. The standard InChI is InChI=1S/C28H24ClN3OS/c29-22-12-13-27(33)23(15-22)25-17-34-28(30-25)32-26(19-7-2-1-3-8-19)16-24(31-32)21-11-10-18-6-4-5-9-20(18)14-21/h1-3,7-8,10-15,17,26,33H,4-6,9,16H2/t26-/m0/s1. The molecule has 4 aromatic rings. The van der Waals surface area contributed by atoms with Gasteiger partial charge in [0.1, 0.15) is 5.75 Å². The number of aryl methyl sites for hydroxylation is 2. The van der Waals surface area contributed by atoms with Crippen molar-refractivity contribution in [2.45, 2.75) is 38.1 Å². The maximum absolute atomic E-state index is 10.3. The first kappa shape index (κ1) is 21.4. The SMILES string of the molecule is Oc1ccc(Cl)cc1-c1csc(N2N=C(c3ccc4c(c3)CCCC4)C[C@H]2c2ccccc2)n1. The zero-order valence-corrected chi connectivity index (χ0v) is 20.2. The van der Waals surface area contributed by atoms with Crippen molar-refractivity contribution in [1.29, 1.82) is 0 Å². The van der Waals surface area contributed by atoms with Gasteiger partial charge in [-0.1, -0.05) is 54.1 Å². The fourth-order valence-corrected chi connectivity index (χ4v) is 5.91. The molecular weight excluding hydrogens is 462 g/mol. The molecule has 1 aliphatic carbocycles. The molecule has 1 atom stereocenters. The first-order chi connectivity index (χ1) is 16.7. The lowest BCUT2D eigenvalue weighted by molar-refractivity contribution is 0.477. The average molecular weight is 486 g/mol. The lowest BCUT2D eigenvalue weighted by Crippen LogP contribution is -2.18. The van der Waals surface area contributed by atoms with E-state index in [1.54, 1.807) is 18.2 Å². The normalized spacial score (nSPS) is 17.5. The van der Waals surface area contributed by atoms with Crippen LogP contribution in [0.4, 0.5) is 5.13 Å². The molecule has 1 N–H and O–H groups in total. The summed E-state index contributed by atoms with van der Waals surface area (Å²) < 4.78 is 0. The largest absolute Gasteiger partial charge is 0.507 e. The second kappa shape index (κ2) is 8.90. The Morgan fingerprint density at radius 1 is 0.941 bits per heavy atom. The van der Waals surface area contributed by atoms with Gasteiger partial charge >= 0.3 is 0 Å². The third kappa shape index (κ3) is 3.99. The molecule has 1 aliphatic heterocycles. The van der Waals surface area contributed by atoms with Crippen molar-refractivity contribution in [1.82, 2.24) is 4.98 Å². The third-order valence-corrected chi connectivity index (χ3v) is 7.76. The molecule has 6 rings (SSSR count). The monoisotopic (exact) mass is 485 g/mol. The van der Waals surface area contributed by atoms with E-state index >= 15 is 0 Å². The molecule has 0 spiro atoms. The quantitative estimate of drug-likeness (QED) is 0.327. The molecule has 2 heterocycles. The van der Waals surface area contributed by atoms with E-state index in [-0.39, 0.29) is 11.8 Å². The number of fused-ring (bicyclic) bond motifs is 1. The Morgan fingerprint density at radius 2 is 1.76 bits per heavy atom. The van der Waals surface area contributed by atoms with Gasteiger partial charge in [0.05, 0.1) is 17.4 Å². The lowest BCUT2D eigenvalue weighted by atomic mass is 9.89. The van der Waals surface area contributed by atoms with Crippen LogP contribution in [0.2, 0.25) is 5.02 Å². The predicted molar refractivity (Wildman–Crippen MR) is 140 cm³/mol. The number of phenolic OH excluding ortho intramolecular Hbond substituents is 1. The molecular formula is C28H24ClN3OS. The lowest BCUT2D eigenvalue weighted by Gasteiger charge is -2.21. The van der Waals surface area contributed by atoms with Gasteiger partial charge in [0.2, 0.25) is 5.13 Å². The molecule has 0 saturated carbocycles. The highest BCUT2D eigenvalue weighted by atomic mass is 35.5. The Kier molecular flexibility index (Phi) is 5.60. The fraction of sp³-hybridized carbons (Fsp3) is 0.214. The molecule has 0 radical (unpaired) electrons. The molecule has 0 fully saturated rings. The number of hydrogen-bond donors (Lipinski definition) is 1. The molecule has 4 nitrogen and oxygen atoms in total. The molecule has 170 valence electrons. The summed E-state index contributed by atoms with van der Waals surface area (Å²) in [4.78, 5) is 4.86.